The molecule has 126 valence electrons. The topological polar surface area (TPSA) is 45.2 Å². The first-order valence-electron chi connectivity index (χ1n) is 7.60. The molecule has 0 bridgehead atoms. The molecular weight excluding hydrogens is 341 g/mol. The number of hydrogen-bond acceptors (Lipinski definition) is 4. The Morgan fingerprint density at radius 1 is 1.27 bits per heavy atom. The first kappa shape index (κ1) is 19.7. The molecule has 2 saturated heterocycles. The van der Waals surface area contributed by atoms with Crippen LogP contribution in [-0.4, -0.2) is 42.0 Å². The van der Waals surface area contributed by atoms with Gasteiger partial charge in [-0.1, -0.05) is 13.8 Å². The highest BCUT2D eigenvalue weighted by atomic mass is 35.5. The van der Waals surface area contributed by atoms with Gasteiger partial charge in [-0.05, 0) is 37.8 Å². The summed E-state index contributed by atoms with van der Waals surface area (Å²) in [5.74, 6) is 2.04. The van der Waals surface area contributed by atoms with E-state index in [2.05, 4.69) is 24.1 Å². The number of amides is 1. The van der Waals surface area contributed by atoms with E-state index in [1.807, 2.05) is 10.3 Å². The van der Waals surface area contributed by atoms with Crippen LogP contribution in [0.4, 0.5) is 0 Å². The molecule has 0 radical (unpaired) electrons. The van der Waals surface area contributed by atoms with Gasteiger partial charge >= 0.3 is 0 Å². The minimum Gasteiger partial charge on any atom is -0.337 e. The quantitative estimate of drug-likeness (QED) is 0.875. The maximum absolute atomic E-state index is 12.6. The van der Waals surface area contributed by atoms with Gasteiger partial charge in [-0.25, -0.2) is 4.98 Å². The van der Waals surface area contributed by atoms with Gasteiger partial charge in [-0.3, -0.25) is 4.79 Å². The summed E-state index contributed by atoms with van der Waals surface area (Å²) in [7, 11) is 0. The van der Waals surface area contributed by atoms with Crippen LogP contribution in [0.2, 0.25) is 0 Å². The molecule has 0 aliphatic carbocycles. The summed E-state index contributed by atoms with van der Waals surface area (Å²) >= 11 is 1.60. The number of halogens is 2. The molecule has 4 nitrogen and oxygen atoms in total. The third kappa shape index (κ3) is 4.13. The second-order valence-corrected chi connectivity index (χ2v) is 7.16. The summed E-state index contributed by atoms with van der Waals surface area (Å²) in [6.07, 6.45) is 2.26. The summed E-state index contributed by atoms with van der Waals surface area (Å²) in [6.45, 7) is 8.26. The first-order valence-corrected chi connectivity index (χ1v) is 8.48. The second-order valence-electron chi connectivity index (χ2n) is 6.27. The highest BCUT2D eigenvalue weighted by molar-refractivity contribution is 7.09. The Morgan fingerprint density at radius 2 is 1.86 bits per heavy atom. The normalized spacial score (nSPS) is 24.2. The van der Waals surface area contributed by atoms with Crippen LogP contribution in [0.25, 0.3) is 0 Å². The number of rotatable bonds is 2. The Balaban J connectivity index is 0.00000121. The van der Waals surface area contributed by atoms with E-state index in [-0.39, 0.29) is 30.7 Å². The molecular formula is C15H25Cl2N3OS. The molecule has 0 aromatic carbocycles. The molecule has 3 heterocycles. The van der Waals surface area contributed by atoms with Crippen molar-refractivity contribution in [1.82, 2.24) is 15.2 Å². The predicted octanol–water partition coefficient (Wildman–Crippen LogP) is 3.18. The fourth-order valence-electron chi connectivity index (χ4n) is 3.23. The van der Waals surface area contributed by atoms with Crippen LogP contribution in [0, 0.1) is 11.8 Å². The largest absolute Gasteiger partial charge is 0.337 e. The van der Waals surface area contributed by atoms with Gasteiger partial charge in [-0.2, -0.15) is 0 Å². The van der Waals surface area contributed by atoms with Gasteiger partial charge in [0.25, 0.3) is 5.91 Å². The van der Waals surface area contributed by atoms with Crippen molar-refractivity contribution in [3.05, 3.63) is 16.1 Å². The maximum Gasteiger partial charge on any atom is 0.273 e. The molecule has 0 saturated carbocycles. The van der Waals surface area contributed by atoms with Crippen molar-refractivity contribution in [3.63, 3.8) is 0 Å². The Labute approximate surface area is 148 Å². The second kappa shape index (κ2) is 8.48. The van der Waals surface area contributed by atoms with E-state index in [9.17, 15) is 4.79 Å². The lowest BCUT2D eigenvalue weighted by atomic mass is 9.92. The maximum atomic E-state index is 12.6. The summed E-state index contributed by atoms with van der Waals surface area (Å²) in [5.41, 5.74) is 0.642. The molecule has 2 fully saturated rings. The third-order valence-corrected chi connectivity index (χ3v) is 5.69. The minimum atomic E-state index is 0. The number of carbonyl (C=O) groups is 1. The van der Waals surface area contributed by atoms with Crippen LogP contribution >= 0.6 is 36.2 Å². The van der Waals surface area contributed by atoms with E-state index in [1.165, 1.54) is 0 Å². The Hall–Kier alpha value is -0.360. The molecule has 2 atom stereocenters. The number of aromatic nitrogens is 1. The minimum absolute atomic E-state index is 0. The standard InChI is InChI=1S/C15H23N3OS.2ClH/c1-10(2)14-17-13(9-20-14)15(19)18-5-3-11-7-16-8-12(11)4-6-18;;/h9-12,16H,3-8H2,1-2H3;2*1H/t11-,12+;;. The van der Waals surface area contributed by atoms with Crippen molar-refractivity contribution >= 4 is 42.1 Å². The summed E-state index contributed by atoms with van der Waals surface area (Å²) < 4.78 is 0. The van der Waals surface area contributed by atoms with E-state index in [1.54, 1.807) is 11.3 Å². The van der Waals surface area contributed by atoms with Crippen molar-refractivity contribution < 1.29 is 4.79 Å². The van der Waals surface area contributed by atoms with Gasteiger partial charge in [0.2, 0.25) is 0 Å². The van der Waals surface area contributed by atoms with E-state index >= 15 is 0 Å². The summed E-state index contributed by atoms with van der Waals surface area (Å²) in [4.78, 5) is 19.1. The van der Waals surface area contributed by atoms with Crippen LogP contribution < -0.4 is 5.32 Å². The lowest BCUT2D eigenvalue weighted by molar-refractivity contribution is 0.0753. The van der Waals surface area contributed by atoms with Crippen molar-refractivity contribution in [3.8, 4) is 0 Å². The number of fused-ring (bicyclic) bond motifs is 1. The molecule has 22 heavy (non-hydrogen) atoms. The summed E-state index contributed by atoms with van der Waals surface area (Å²) in [6, 6.07) is 0. The average Bonchev–Trinajstić information content (AvgIpc) is 3.04. The molecule has 2 aliphatic heterocycles. The zero-order valence-corrected chi connectivity index (χ0v) is 15.5. The zero-order chi connectivity index (χ0) is 14.1. The van der Waals surface area contributed by atoms with Crippen LogP contribution in [0.1, 0.15) is 48.1 Å². The lowest BCUT2D eigenvalue weighted by Gasteiger charge is -2.19. The number of carbonyl (C=O) groups excluding carboxylic acids is 1. The smallest absolute Gasteiger partial charge is 0.273 e. The van der Waals surface area contributed by atoms with Crippen molar-refractivity contribution in [2.45, 2.75) is 32.6 Å². The van der Waals surface area contributed by atoms with Gasteiger partial charge in [0.1, 0.15) is 5.69 Å². The van der Waals surface area contributed by atoms with Gasteiger partial charge in [0.05, 0.1) is 5.01 Å². The van der Waals surface area contributed by atoms with Crippen molar-refractivity contribution in [1.29, 1.82) is 0 Å². The molecule has 7 heteroatoms. The molecule has 1 amide bonds. The van der Waals surface area contributed by atoms with E-state index in [0.29, 0.717) is 11.6 Å². The fourth-order valence-corrected chi connectivity index (χ4v) is 4.04. The van der Waals surface area contributed by atoms with E-state index < -0.39 is 0 Å². The summed E-state index contributed by atoms with van der Waals surface area (Å²) in [5, 5.41) is 6.45. The Morgan fingerprint density at radius 3 is 2.36 bits per heavy atom. The molecule has 0 unspecified atom stereocenters. The molecule has 1 N–H and O–H groups in total. The number of nitrogens with one attached hydrogen (secondary N) is 1. The zero-order valence-electron chi connectivity index (χ0n) is 13.1. The average molecular weight is 366 g/mol. The fraction of sp³-hybridized carbons (Fsp3) is 0.733. The predicted molar refractivity (Wildman–Crippen MR) is 95.7 cm³/mol. The van der Waals surface area contributed by atoms with Gasteiger partial charge in [-0.15, -0.1) is 36.2 Å². The molecule has 0 spiro atoms. The number of thiazole rings is 1. The monoisotopic (exact) mass is 365 g/mol. The van der Waals surface area contributed by atoms with Crippen LogP contribution in [0.5, 0.6) is 0 Å². The highest BCUT2D eigenvalue weighted by Crippen LogP contribution is 2.28. The first-order chi connectivity index (χ1) is 9.65. The van der Waals surface area contributed by atoms with Crippen LogP contribution in [0.15, 0.2) is 5.38 Å². The molecule has 1 aromatic heterocycles. The SMILES string of the molecule is CC(C)c1nc(C(=O)N2CC[C@@H]3CNC[C@@H]3CC2)cs1.Cl.Cl. The van der Waals surface area contributed by atoms with Gasteiger partial charge < -0.3 is 10.2 Å². The van der Waals surface area contributed by atoms with Crippen molar-refractivity contribution in [2.75, 3.05) is 26.2 Å². The van der Waals surface area contributed by atoms with E-state index in [0.717, 1.165) is 55.9 Å². The third-order valence-electron chi connectivity index (χ3n) is 4.54. The lowest BCUT2D eigenvalue weighted by Crippen LogP contribution is -2.33. The number of hydrogen-bond donors (Lipinski definition) is 1. The van der Waals surface area contributed by atoms with Crippen LogP contribution in [-0.2, 0) is 0 Å². The molecule has 3 rings (SSSR count). The number of likely N-dealkylation sites (tertiary alicyclic amines) is 1. The van der Waals surface area contributed by atoms with Crippen LogP contribution in [0.3, 0.4) is 0 Å². The highest BCUT2D eigenvalue weighted by Gasteiger charge is 2.32. The number of nitrogens with zero attached hydrogens (tertiary/aromatic N) is 2. The van der Waals surface area contributed by atoms with E-state index in [4.69, 9.17) is 0 Å². The Bertz CT molecular complexity index is 481. The molecule has 2 aliphatic rings. The Kier molecular flexibility index (Phi) is 7.59. The molecule has 1 aromatic rings. The van der Waals surface area contributed by atoms with Gasteiger partial charge in [0, 0.05) is 24.4 Å². The van der Waals surface area contributed by atoms with Crippen molar-refractivity contribution in [2.24, 2.45) is 11.8 Å². The van der Waals surface area contributed by atoms with Gasteiger partial charge in [0.15, 0.2) is 0 Å².